The average molecular weight is 1190 g/mol. The molecule has 13 aromatic carbocycles. The first kappa shape index (κ1) is 52.4. The molecule has 19 rings (SSSR count). The van der Waals surface area contributed by atoms with E-state index >= 15 is 0 Å². The van der Waals surface area contributed by atoms with Crippen molar-refractivity contribution in [3.05, 3.63) is 334 Å². The van der Waals surface area contributed by atoms with Gasteiger partial charge in [-0.3, -0.25) is 9.80 Å². The van der Waals surface area contributed by atoms with Crippen molar-refractivity contribution in [2.24, 2.45) is 0 Å². The zero-order valence-corrected chi connectivity index (χ0v) is 50.3. The quantitative estimate of drug-likeness (QED) is 0.125. The third-order valence-electron chi connectivity index (χ3n) is 18.7. The normalized spacial score (nSPS) is 13.0. The molecular formula is C83H55BN8O. The predicted molar refractivity (Wildman–Crippen MR) is 386 cm³/mol. The highest BCUT2D eigenvalue weighted by molar-refractivity contribution is 7.00. The number of para-hydroxylation sites is 12. The lowest BCUT2D eigenvalue weighted by molar-refractivity contribution is 0.669. The smallest absolute Gasteiger partial charge is 0.254 e. The number of furan rings is 1. The standard InChI is InChI=1S/C83H55BN8O/c1-8-29-56(30-9-1)86(57-31-10-2-11-32-57)63-51-76-81-77(52-63)89(61-39-18-6-19-40-61)74-54-72-67(53-73(74)92(81)70-48-26-25-47-69(70)88(76)60-37-16-5-17-38-60)84-66-45-23-24-46-68(66)90(62-41-20-7-21-42-62)83-80(84)75(91(72)71-49-28-44-65-64-43-22-27-50-78(64)93-82(65)71)55-79(85-83)87(58-33-12-3-13-34-58)59-35-14-4-15-36-59/h1-55H. The largest absolute Gasteiger partial charge is 0.454 e. The minimum absolute atomic E-state index is 0.305. The first-order valence-corrected chi connectivity index (χ1v) is 31.7. The van der Waals surface area contributed by atoms with E-state index in [0.29, 0.717) is 0 Å². The Morgan fingerprint density at radius 3 is 1.32 bits per heavy atom. The van der Waals surface area contributed by atoms with Gasteiger partial charge in [-0.2, -0.15) is 0 Å². The van der Waals surface area contributed by atoms with Gasteiger partial charge in [0, 0.05) is 73.7 Å². The molecule has 0 atom stereocenters. The Morgan fingerprint density at radius 2 is 0.731 bits per heavy atom. The molecule has 0 aliphatic carbocycles. The lowest BCUT2D eigenvalue weighted by Crippen LogP contribution is -2.61. The van der Waals surface area contributed by atoms with Crippen molar-refractivity contribution >= 4 is 165 Å². The molecule has 15 aromatic rings. The zero-order chi connectivity index (χ0) is 61.1. The summed E-state index contributed by atoms with van der Waals surface area (Å²) in [7, 11) is 0. The molecule has 0 unspecified atom stereocenters. The van der Waals surface area contributed by atoms with Crippen LogP contribution in [0.3, 0.4) is 0 Å². The Morgan fingerprint density at radius 1 is 0.280 bits per heavy atom. The molecule has 0 saturated heterocycles. The van der Waals surface area contributed by atoms with Crippen molar-refractivity contribution in [1.82, 2.24) is 4.98 Å². The van der Waals surface area contributed by atoms with E-state index in [1.807, 2.05) is 0 Å². The molecule has 0 N–H and O–H groups in total. The van der Waals surface area contributed by atoms with E-state index in [0.717, 1.165) is 153 Å². The topological polar surface area (TPSA) is 48.7 Å². The van der Waals surface area contributed by atoms with Crippen LogP contribution in [0.25, 0.3) is 21.9 Å². The maximum absolute atomic E-state index is 7.22. The summed E-state index contributed by atoms with van der Waals surface area (Å²) in [6.07, 6.45) is 0. The average Bonchev–Trinajstić information content (AvgIpc) is 0.736. The molecule has 0 radical (unpaired) electrons. The maximum Gasteiger partial charge on any atom is 0.254 e. The molecule has 0 spiro atoms. The minimum atomic E-state index is -0.305. The highest BCUT2D eigenvalue weighted by atomic mass is 16.3. The second-order valence-corrected chi connectivity index (χ2v) is 23.9. The van der Waals surface area contributed by atoms with E-state index in [4.69, 9.17) is 9.40 Å². The van der Waals surface area contributed by atoms with Crippen molar-refractivity contribution in [3.63, 3.8) is 0 Å². The first-order chi connectivity index (χ1) is 46.2. The second-order valence-electron chi connectivity index (χ2n) is 23.9. The zero-order valence-electron chi connectivity index (χ0n) is 50.3. The number of hydrogen-bond donors (Lipinski definition) is 0. The molecule has 9 nitrogen and oxygen atoms in total. The van der Waals surface area contributed by atoms with Crippen molar-refractivity contribution in [3.8, 4) is 0 Å². The van der Waals surface area contributed by atoms with Crippen LogP contribution in [0.2, 0.25) is 0 Å². The third kappa shape index (κ3) is 8.11. The Labute approximate surface area is 539 Å². The SMILES string of the molecule is c1ccc(N(c2ccccc2)c2cc3c4c(c2)N(c2ccccc2)c2cc5c(cc2N4c2ccccc2N3c2ccccc2)B2c3ccccc3N(c3ccccc3)c3nc(N(c4ccccc4)c4ccccc4)cc(c32)N5c2cccc3c2oc2ccccc23)cc1. The molecule has 0 saturated carbocycles. The van der Waals surface area contributed by atoms with Crippen LogP contribution in [-0.2, 0) is 0 Å². The first-order valence-electron chi connectivity index (χ1n) is 31.7. The Hall–Kier alpha value is -12.5. The second kappa shape index (κ2) is 21.1. The molecule has 10 heteroatoms. The maximum atomic E-state index is 7.22. The van der Waals surface area contributed by atoms with Crippen LogP contribution < -0.4 is 50.7 Å². The third-order valence-corrected chi connectivity index (χ3v) is 18.7. The van der Waals surface area contributed by atoms with E-state index in [2.05, 4.69) is 368 Å². The molecule has 6 heterocycles. The molecule has 0 bridgehead atoms. The van der Waals surface area contributed by atoms with Gasteiger partial charge in [0.15, 0.2) is 5.58 Å². The van der Waals surface area contributed by atoms with Crippen LogP contribution in [0.15, 0.2) is 338 Å². The molecule has 0 amide bonds. The van der Waals surface area contributed by atoms with Gasteiger partial charge in [0.1, 0.15) is 17.2 Å². The monoisotopic (exact) mass is 1190 g/mol. The molecule has 436 valence electrons. The number of anilines is 21. The van der Waals surface area contributed by atoms with Crippen molar-refractivity contribution in [1.29, 1.82) is 0 Å². The number of aromatic nitrogens is 1. The summed E-state index contributed by atoms with van der Waals surface area (Å²) in [5.74, 6) is 1.60. The van der Waals surface area contributed by atoms with Crippen LogP contribution in [0.1, 0.15) is 0 Å². The van der Waals surface area contributed by atoms with E-state index in [1.54, 1.807) is 0 Å². The van der Waals surface area contributed by atoms with E-state index in [1.165, 1.54) is 5.46 Å². The number of pyridine rings is 1. The summed E-state index contributed by atoms with van der Waals surface area (Å²) in [6, 6.07) is 120. The van der Waals surface area contributed by atoms with Gasteiger partial charge in [0.25, 0.3) is 6.71 Å². The molecule has 4 aliphatic heterocycles. The predicted octanol–water partition coefficient (Wildman–Crippen LogP) is 21.0. The fraction of sp³-hybridized carbons (Fsp3) is 0. The van der Waals surface area contributed by atoms with E-state index in [-0.39, 0.29) is 6.71 Å². The van der Waals surface area contributed by atoms with Gasteiger partial charge in [-0.15, -0.1) is 0 Å². The number of rotatable bonds is 10. The van der Waals surface area contributed by atoms with Gasteiger partial charge in [0.2, 0.25) is 0 Å². The molecule has 2 aromatic heterocycles. The molecule has 93 heavy (non-hydrogen) atoms. The highest BCUT2D eigenvalue weighted by Crippen LogP contribution is 2.65. The minimum Gasteiger partial charge on any atom is -0.454 e. The van der Waals surface area contributed by atoms with Gasteiger partial charge in [0.05, 0.1) is 51.2 Å². The van der Waals surface area contributed by atoms with E-state index < -0.39 is 0 Å². The molecular weight excluding hydrogens is 1140 g/mol. The number of hydrogen-bond acceptors (Lipinski definition) is 9. The summed E-state index contributed by atoms with van der Waals surface area (Å²) in [5.41, 5.74) is 24.5. The lowest BCUT2D eigenvalue weighted by Gasteiger charge is -2.49. The molecule has 0 fully saturated rings. The highest BCUT2D eigenvalue weighted by Gasteiger charge is 2.48. The van der Waals surface area contributed by atoms with Crippen molar-refractivity contribution in [2.45, 2.75) is 0 Å². The van der Waals surface area contributed by atoms with Crippen LogP contribution in [0.4, 0.5) is 120 Å². The van der Waals surface area contributed by atoms with Gasteiger partial charge in [-0.1, -0.05) is 188 Å². The van der Waals surface area contributed by atoms with Gasteiger partial charge in [-0.05, 0) is 156 Å². The summed E-state index contributed by atoms with van der Waals surface area (Å²) in [4.78, 5) is 23.1. The Bertz CT molecular complexity index is 5310. The van der Waals surface area contributed by atoms with Crippen LogP contribution in [0, 0.1) is 0 Å². The summed E-state index contributed by atoms with van der Waals surface area (Å²) in [5, 5.41) is 2.09. The summed E-state index contributed by atoms with van der Waals surface area (Å²) in [6.45, 7) is -0.305. The number of benzene rings is 13. The van der Waals surface area contributed by atoms with Gasteiger partial charge < -0.3 is 28.9 Å². The number of fused-ring (bicyclic) bond motifs is 11. The summed E-state index contributed by atoms with van der Waals surface area (Å²) < 4.78 is 7.22. The number of nitrogens with zero attached hydrogens (tertiary/aromatic N) is 8. The van der Waals surface area contributed by atoms with Crippen molar-refractivity contribution in [2.75, 3.05) is 34.3 Å². The fourth-order valence-electron chi connectivity index (χ4n) is 14.9. The van der Waals surface area contributed by atoms with Crippen LogP contribution >= 0.6 is 0 Å². The van der Waals surface area contributed by atoms with Crippen molar-refractivity contribution < 1.29 is 4.42 Å². The van der Waals surface area contributed by atoms with Gasteiger partial charge >= 0.3 is 0 Å². The molecule has 4 aliphatic rings. The Kier molecular flexibility index (Phi) is 11.9. The Balaban J connectivity index is 0.960. The lowest BCUT2D eigenvalue weighted by atomic mass is 9.33. The fourth-order valence-corrected chi connectivity index (χ4v) is 14.9. The van der Waals surface area contributed by atoms with Gasteiger partial charge in [-0.25, -0.2) is 4.98 Å². The van der Waals surface area contributed by atoms with Crippen LogP contribution in [0.5, 0.6) is 0 Å². The van der Waals surface area contributed by atoms with E-state index in [9.17, 15) is 0 Å². The van der Waals surface area contributed by atoms with Crippen LogP contribution in [-0.4, -0.2) is 11.7 Å². The summed E-state index contributed by atoms with van der Waals surface area (Å²) >= 11 is 0.